The van der Waals surface area contributed by atoms with Gasteiger partial charge in [0.05, 0.1) is 0 Å². The van der Waals surface area contributed by atoms with Gasteiger partial charge in [0.1, 0.15) is 0 Å². The van der Waals surface area contributed by atoms with Crippen LogP contribution in [0.25, 0.3) is 10.9 Å². The Morgan fingerprint density at radius 2 is 1.79 bits per heavy atom. The molecule has 3 rings (SSSR count). The molecule has 0 bridgehead atoms. The first kappa shape index (κ1) is 12.5. The number of Topliss-reactive ketones (excluding diaryl/α,β-unsaturated/α-hetero) is 1. The van der Waals surface area contributed by atoms with E-state index < -0.39 is 0 Å². The summed E-state index contributed by atoms with van der Waals surface area (Å²) < 4.78 is 2.07. The van der Waals surface area contributed by atoms with E-state index in [1.54, 1.807) is 0 Å². The minimum Gasteiger partial charge on any atom is -0.350 e. The van der Waals surface area contributed by atoms with Gasteiger partial charge in [0.25, 0.3) is 0 Å². The molecule has 0 aliphatic heterocycles. The number of nitrogens with zero attached hydrogens (tertiary/aromatic N) is 1. The molecule has 0 amide bonds. The Morgan fingerprint density at radius 1 is 1.11 bits per heavy atom. The highest BCUT2D eigenvalue weighted by Crippen LogP contribution is 2.29. The van der Waals surface area contributed by atoms with Gasteiger partial charge >= 0.3 is 0 Å². The minimum atomic E-state index is 0.244. The Hall–Kier alpha value is -1.57. The van der Waals surface area contributed by atoms with Gasteiger partial charge in [-0.15, -0.1) is 0 Å². The molecule has 0 unspecified atom stereocenters. The summed E-state index contributed by atoms with van der Waals surface area (Å²) in [4.78, 5) is 12.8. The molecule has 1 fully saturated rings. The van der Waals surface area contributed by atoms with Crippen LogP contribution in [0.2, 0.25) is 0 Å². The number of fused-ring (bicyclic) bond motifs is 1. The first-order valence-corrected chi connectivity index (χ1v) is 7.35. The van der Waals surface area contributed by atoms with E-state index in [0.717, 1.165) is 29.3 Å². The van der Waals surface area contributed by atoms with E-state index in [1.807, 2.05) is 25.4 Å². The van der Waals surface area contributed by atoms with Crippen LogP contribution < -0.4 is 0 Å². The lowest BCUT2D eigenvalue weighted by molar-refractivity contribution is 0.0909. The van der Waals surface area contributed by atoms with Crippen LogP contribution in [0.1, 0.15) is 48.9 Å². The number of hydrogen-bond donors (Lipinski definition) is 0. The van der Waals surface area contributed by atoms with E-state index in [-0.39, 0.29) is 5.92 Å². The number of hydrogen-bond acceptors (Lipinski definition) is 1. The quantitative estimate of drug-likeness (QED) is 0.578. The number of benzene rings is 1. The molecule has 1 saturated carbocycles. The molecule has 0 radical (unpaired) electrons. The van der Waals surface area contributed by atoms with E-state index in [1.165, 1.54) is 25.7 Å². The van der Waals surface area contributed by atoms with Crippen molar-refractivity contribution in [3.8, 4) is 0 Å². The van der Waals surface area contributed by atoms with Gasteiger partial charge in [-0.1, -0.05) is 43.9 Å². The summed E-state index contributed by atoms with van der Waals surface area (Å²) >= 11 is 0. The standard InChI is InChI=1S/C17H21NO/c1-18-12-15(14-10-6-7-11-16(14)18)17(19)13-8-4-2-3-5-9-13/h6-7,10-13H,2-5,8-9H2,1H3. The van der Waals surface area contributed by atoms with Crippen LogP contribution >= 0.6 is 0 Å². The molecule has 2 heteroatoms. The first-order chi connectivity index (χ1) is 9.27. The highest BCUT2D eigenvalue weighted by molar-refractivity contribution is 6.09. The summed E-state index contributed by atoms with van der Waals surface area (Å²) in [6, 6.07) is 8.20. The van der Waals surface area contributed by atoms with E-state index in [0.29, 0.717) is 5.78 Å². The predicted molar refractivity (Wildman–Crippen MR) is 78.4 cm³/mol. The molecular formula is C17H21NO. The summed E-state index contributed by atoms with van der Waals surface area (Å²) in [7, 11) is 2.02. The van der Waals surface area contributed by atoms with Crippen molar-refractivity contribution >= 4 is 16.7 Å². The van der Waals surface area contributed by atoms with Gasteiger partial charge < -0.3 is 4.57 Å². The SMILES string of the molecule is Cn1cc(C(=O)C2CCCCCC2)c2ccccc21. The lowest BCUT2D eigenvalue weighted by Gasteiger charge is -2.11. The molecular weight excluding hydrogens is 234 g/mol. The van der Waals surface area contributed by atoms with E-state index in [4.69, 9.17) is 0 Å². The van der Waals surface area contributed by atoms with Crippen molar-refractivity contribution in [2.24, 2.45) is 13.0 Å². The number of carbonyl (C=O) groups is 1. The van der Waals surface area contributed by atoms with E-state index in [9.17, 15) is 4.79 Å². The van der Waals surface area contributed by atoms with Crippen molar-refractivity contribution in [3.63, 3.8) is 0 Å². The monoisotopic (exact) mass is 255 g/mol. The van der Waals surface area contributed by atoms with Gasteiger partial charge in [0.15, 0.2) is 5.78 Å². The lowest BCUT2D eigenvalue weighted by Crippen LogP contribution is -2.13. The molecule has 0 spiro atoms. The van der Waals surface area contributed by atoms with Crippen LogP contribution in [0.4, 0.5) is 0 Å². The average molecular weight is 255 g/mol. The molecule has 2 nitrogen and oxygen atoms in total. The van der Waals surface area contributed by atoms with Crippen LogP contribution in [-0.2, 0) is 7.05 Å². The summed E-state index contributed by atoms with van der Waals surface area (Å²) in [5, 5.41) is 1.11. The Morgan fingerprint density at radius 3 is 2.53 bits per heavy atom. The summed E-state index contributed by atoms with van der Waals surface area (Å²) in [6.45, 7) is 0. The molecule has 0 saturated heterocycles. The topological polar surface area (TPSA) is 22.0 Å². The fraction of sp³-hybridized carbons (Fsp3) is 0.471. The molecule has 19 heavy (non-hydrogen) atoms. The molecule has 0 N–H and O–H groups in total. The van der Waals surface area contributed by atoms with Gasteiger partial charge in [0.2, 0.25) is 0 Å². The smallest absolute Gasteiger partial charge is 0.168 e. The second kappa shape index (κ2) is 5.20. The molecule has 1 aliphatic rings. The number of aromatic nitrogens is 1. The van der Waals surface area contributed by atoms with Crippen LogP contribution in [0.3, 0.4) is 0 Å². The van der Waals surface area contributed by atoms with Crippen molar-refractivity contribution < 1.29 is 4.79 Å². The number of carbonyl (C=O) groups excluding carboxylic acids is 1. The van der Waals surface area contributed by atoms with Gasteiger partial charge in [-0.25, -0.2) is 0 Å². The summed E-state index contributed by atoms with van der Waals surface area (Å²) in [5.41, 5.74) is 2.07. The van der Waals surface area contributed by atoms with Gasteiger partial charge in [-0.3, -0.25) is 4.79 Å². The average Bonchev–Trinajstić information content (AvgIpc) is 2.64. The van der Waals surface area contributed by atoms with Gasteiger partial charge in [0, 0.05) is 35.6 Å². The lowest BCUT2D eigenvalue weighted by atomic mass is 9.91. The molecule has 1 aliphatic carbocycles. The van der Waals surface area contributed by atoms with Crippen molar-refractivity contribution in [2.75, 3.05) is 0 Å². The third-order valence-corrected chi connectivity index (χ3v) is 4.39. The fourth-order valence-corrected chi connectivity index (χ4v) is 3.30. The number of aryl methyl sites for hydroxylation is 1. The highest BCUT2D eigenvalue weighted by Gasteiger charge is 2.23. The zero-order chi connectivity index (χ0) is 13.2. The minimum absolute atomic E-state index is 0.244. The Bertz CT molecular complexity index is 588. The van der Waals surface area contributed by atoms with Crippen LogP contribution in [0.5, 0.6) is 0 Å². The first-order valence-electron chi connectivity index (χ1n) is 7.35. The number of ketones is 1. The van der Waals surface area contributed by atoms with Gasteiger partial charge in [-0.05, 0) is 18.9 Å². The summed E-state index contributed by atoms with van der Waals surface area (Å²) in [5.74, 6) is 0.604. The van der Waals surface area contributed by atoms with Crippen molar-refractivity contribution in [1.82, 2.24) is 4.57 Å². The van der Waals surface area contributed by atoms with Crippen LogP contribution in [0.15, 0.2) is 30.5 Å². The van der Waals surface area contributed by atoms with Crippen molar-refractivity contribution in [3.05, 3.63) is 36.0 Å². The van der Waals surface area contributed by atoms with Crippen molar-refractivity contribution in [1.29, 1.82) is 0 Å². The maximum atomic E-state index is 12.8. The zero-order valence-electron chi connectivity index (χ0n) is 11.6. The largest absolute Gasteiger partial charge is 0.350 e. The van der Waals surface area contributed by atoms with E-state index in [2.05, 4.69) is 16.7 Å². The Labute approximate surface area is 114 Å². The Balaban J connectivity index is 1.97. The third-order valence-electron chi connectivity index (χ3n) is 4.39. The third kappa shape index (κ3) is 2.32. The van der Waals surface area contributed by atoms with Crippen molar-refractivity contribution in [2.45, 2.75) is 38.5 Å². The molecule has 100 valence electrons. The maximum absolute atomic E-state index is 12.8. The maximum Gasteiger partial charge on any atom is 0.168 e. The van der Waals surface area contributed by atoms with E-state index >= 15 is 0 Å². The second-order valence-electron chi connectivity index (χ2n) is 5.72. The second-order valence-corrected chi connectivity index (χ2v) is 5.72. The molecule has 1 aromatic carbocycles. The molecule has 2 aromatic rings. The van der Waals surface area contributed by atoms with Crippen LogP contribution in [-0.4, -0.2) is 10.4 Å². The number of para-hydroxylation sites is 1. The normalized spacial score (nSPS) is 17.5. The summed E-state index contributed by atoms with van der Waals surface area (Å²) in [6.07, 6.45) is 9.16. The molecule has 1 heterocycles. The van der Waals surface area contributed by atoms with Gasteiger partial charge in [-0.2, -0.15) is 0 Å². The fourth-order valence-electron chi connectivity index (χ4n) is 3.30. The zero-order valence-corrected chi connectivity index (χ0v) is 11.6. The predicted octanol–water partition coefficient (Wildman–Crippen LogP) is 4.33. The Kier molecular flexibility index (Phi) is 3.41. The molecule has 0 atom stereocenters. The van der Waals surface area contributed by atoms with Crippen LogP contribution in [0, 0.1) is 5.92 Å². The molecule has 1 aromatic heterocycles. The number of rotatable bonds is 2. The highest BCUT2D eigenvalue weighted by atomic mass is 16.1.